The maximum Gasteiger partial charge on any atom is 0.282 e. The van der Waals surface area contributed by atoms with E-state index in [9.17, 15) is 18.8 Å². The molecule has 0 bridgehead atoms. The summed E-state index contributed by atoms with van der Waals surface area (Å²) in [6.07, 6.45) is 0. The van der Waals surface area contributed by atoms with E-state index in [1.54, 1.807) is 48.5 Å². The van der Waals surface area contributed by atoms with Crippen molar-refractivity contribution in [2.24, 2.45) is 0 Å². The van der Waals surface area contributed by atoms with Crippen LogP contribution >= 0.6 is 0 Å². The van der Waals surface area contributed by atoms with Crippen molar-refractivity contribution in [2.75, 3.05) is 15.5 Å². The van der Waals surface area contributed by atoms with E-state index in [1.807, 2.05) is 6.07 Å². The number of halogens is 1. The molecule has 0 saturated heterocycles. The van der Waals surface area contributed by atoms with Gasteiger partial charge in [-0.2, -0.15) is 0 Å². The number of anilines is 3. The molecule has 0 atom stereocenters. The zero-order chi connectivity index (χ0) is 22.0. The molecule has 0 radical (unpaired) electrons. The molecule has 0 aromatic heterocycles. The molecule has 4 rings (SSSR count). The monoisotopic (exact) mass is 415 g/mol. The molecular weight excluding hydrogens is 397 g/mol. The van der Waals surface area contributed by atoms with E-state index in [-0.39, 0.29) is 22.9 Å². The van der Waals surface area contributed by atoms with Crippen LogP contribution in [-0.2, 0) is 14.4 Å². The third-order valence-corrected chi connectivity index (χ3v) is 4.69. The van der Waals surface area contributed by atoms with Crippen molar-refractivity contribution in [3.8, 4) is 0 Å². The fourth-order valence-electron chi connectivity index (χ4n) is 3.35. The summed E-state index contributed by atoms with van der Waals surface area (Å²) < 4.78 is 13.8. The number of hydrogen-bond donors (Lipinski definition) is 2. The Kier molecular flexibility index (Phi) is 5.32. The molecule has 0 fully saturated rings. The number of carbonyl (C=O) groups is 3. The summed E-state index contributed by atoms with van der Waals surface area (Å²) in [6, 6.07) is 20.9. The van der Waals surface area contributed by atoms with Crippen molar-refractivity contribution in [2.45, 2.75) is 6.92 Å². The van der Waals surface area contributed by atoms with Crippen molar-refractivity contribution in [3.05, 3.63) is 95.9 Å². The first-order valence-electron chi connectivity index (χ1n) is 9.53. The summed E-state index contributed by atoms with van der Waals surface area (Å²) in [7, 11) is 0. The SMILES string of the molecule is CC(=O)Nc1ccc(C2=C(Nc3ccccc3)C(=O)N(c3cccc(F)c3)C2=O)cc1. The van der Waals surface area contributed by atoms with Gasteiger partial charge in [-0.1, -0.05) is 36.4 Å². The van der Waals surface area contributed by atoms with Crippen LogP contribution in [0.4, 0.5) is 21.5 Å². The molecule has 0 aliphatic carbocycles. The Labute approximate surface area is 178 Å². The zero-order valence-corrected chi connectivity index (χ0v) is 16.6. The van der Waals surface area contributed by atoms with Gasteiger partial charge < -0.3 is 10.6 Å². The van der Waals surface area contributed by atoms with Gasteiger partial charge in [-0.25, -0.2) is 9.29 Å². The van der Waals surface area contributed by atoms with Gasteiger partial charge in [0.05, 0.1) is 11.3 Å². The van der Waals surface area contributed by atoms with Gasteiger partial charge in [0.2, 0.25) is 5.91 Å². The number of amides is 3. The number of carbonyl (C=O) groups excluding carboxylic acids is 3. The van der Waals surface area contributed by atoms with Crippen LogP contribution in [0.2, 0.25) is 0 Å². The van der Waals surface area contributed by atoms with E-state index < -0.39 is 17.6 Å². The van der Waals surface area contributed by atoms with Crippen LogP contribution in [0.25, 0.3) is 5.57 Å². The molecule has 1 aliphatic rings. The van der Waals surface area contributed by atoms with Gasteiger partial charge in [-0.05, 0) is 48.0 Å². The molecule has 1 heterocycles. The minimum atomic E-state index is -0.583. The van der Waals surface area contributed by atoms with Crippen LogP contribution in [0.5, 0.6) is 0 Å². The highest BCUT2D eigenvalue weighted by Crippen LogP contribution is 2.34. The molecule has 154 valence electrons. The summed E-state index contributed by atoms with van der Waals surface area (Å²) in [4.78, 5) is 38.8. The number of hydrogen-bond acceptors (Lipinski definition) is 4. The largest absolute Gasteiger partial charge is 0.350 e. The minimum Gasteiger partial charge on any atom is -0.350 e. The van der Waals surface area contributed by atoms with Gasteiger partial charge in [-0.15, -0.1) is 0 Å². The summed E-state index contributed by atoms with van der Waals surface area (Å²) in [5.74, 6) is -1.92. The number of rotatable bonds is 5. The molecule has 0 saturated carbocycles. The molecule has 0 unspecified atom stereocenters. The van der Waals surface area contributed by atoms with Gasteiger partial charge in [0.25, 0.3) is 11.8 Å². The molecule has 3 amide bonds. The molecule has 7 heteroatoms. The molecule has 2 N–H and O–H groups in total. The van der Waals surface area contributed by atoms with E-state index in [4.69, 9.17) is 0 Å². The van der Waals surface area contributed by atoms with Crippen LogP contribution in [0.15, 0.2) is 84.6 Å². The first kappa shape index (κ1) is 20.0. The molecule has 3 aromatic carbocycles. The molecule has 0 spiro atoms. The lowest BCUT2D eigenvalue weighted by Gasteiger charge is -2.15. The summed E-state index contributed by atoms with van der Waals surface area (Å²) in [6.45, 7) is 1.40. The quantitative estimate of drug-likeness (QED) is 0.613. The van der Waals surface area contributed by atoms with E-state index in [0.29, 0.717) is 16.9 Å². The second-order valence-electron chi connectivity index (χ2n) is 6.93. The number of benzene rings is 3. The normalized spacial score (nSPS) is 13.5. The third-order valence-electron chi connectivity index (χ3n) is 4.69. The standard InChI is InChI=1S/C24H18FN3O3/c1-15(29)26-19-12-10-16(11-13-19)21-22(27-18-7-3-2-4-8-18)24(31)28(23(21)30)20-9-5-6-17(25)14-20/h2-14,27H,1H3,(H,26,29). The second kappa shape index (κ2) is 8.23. The van der Waals surface area contributed by atoms with Gasteiger partial charge in [-0.3, -0.25) is 14.4 Å². The van der Waals surface area contributed by atoms with Crippen LogP contribution in [0.3, 0.4) is 0 Å². The minimum absolute atomic E-state index is 0.0905. The Morgan fingerprint density at radius 3 is 2.19 bits per heavy atom. The predicted molar refractivity (Wildman–Crippen MR) is 117 cm³/mol. The van der Waals surface area contributed by atoms with Crippen molar-refractivity contribution >= 4 is 40.4 Å². The lowest BCUT2D eigenvalue weighted by atomic mass is 10.0. The maximum absolute atomic E-state index is 13.8. The second-order valence-corrected chi connectivity index (χ2v) is 6.93. The van der Waals surface area contributed by atoms with Crippen LogP contribution in [0, 0.1) is 5.82 Å². The fraction of sp³-hybridized carbons (Fsp3) is 0.0417. The number of nitrogens with one attached hydrogen (secondary N) is 2. The van der Waals surface area contributed by atoms with Gasteiger partial charge >= 0.3 is 0 Å². The van der Waals surface area contributed by atoms with Crippen molar-refractivity contribution < 1.29 is 18.8 Å². The molecule has 31 heavy (non-hydrogen) atoms. The van der Waals surface area contributed by atoms with Crippen LogP contribution < -0.4 is 15.5 Å². The molecule has 3 aromatic rings. The highest BCUT2D eigenvalue weighted by atomic mass is 19.1. The maximum atomic E-state index is 13.8. The molecule has 6 nitrogen and oxygen atoms in total. The van der Waals surface area contributed by atoms with E-state index in [2.05, 4.69) is 10.6 Å². The van der Waals surface area contributed by atoms with E-state index in [0.717, 1.165) is 11.0 Å². The first-order valence-corrected chi connectivity index (χ1v) is 9.53. The zero-order valence-electron chi connectivity index (χ0n) is 16.6. The summed E-state index contributed by atoms with van der Waals surface area (Å²) in [5, 5.41) is 5.69. The van der Waals surface area contributed by atoms with Crippen molar-refractivity contribution in [1.29, 1.82) is 0 Å². The van der Waals surface area contributed by atoms with Crippen LogP contribution in [-0.4, -0.2) is 17.7 Å². The average molecular weight is 415 g/mol. The average Bonchev–Trinajstić information content (AvgIpc) is 2.98. The predicted octanol–water partition coefficient (Wildman–Crippen LogP) is 4.18. The van der Waals surface area contributed by atoms with E-state index in [1.165, 1.54) is 25.1 Å². The lowest BCUT2D eigenvalue weighted by molar-refractivity contribution is -0.120. The van der Waals surface area contributed by atoms with Crippen LogP contribution in [0.1, 0.15) is 12.5 Å². The van der Waals surface area contributed by atoms with Crippen molar-refractivity contribution in [3.63, 3.8) is 0 Å². The topological polar surface area (TPSA) is 78.5 Å². The van der Waals surface area contributed by atoms with Gasteiger partial charge in [0, 0.05) is 18.3 Å². The lowest BCUT2D eigenvalue weighted by Crippen LogP contribution is -2.32. The number of imide groups is 1. The summed E-state index contributed by atoms with van der Waals surface area (Å²) >= 11 is 0. The third kappa shape index (κ3) is 4.06. The highest BCUT2D eigenvalue weighted by molar-refractivity contribution is 6.46. The first-order chi connectivity index (χ1) is 14.9. The Hall–Kier alpha value is -4.26. The number of para-hydroxylation sites is 1. The Morgan fingerprint density at radius 1 is 0.839 bits per heavy atom. The van der Waals surface area contributed by atoms with E-state index >= 15 is 0 Å². The fourth-order valence-corrected chi connectivity index (χ4v) is 3.35. The van der Waals surface area contributed by atoms with Crippen molar-refractivity contribution in [1.82, 2.24) is 0 Å². The highest BCUT2D eigenvalue weighted by Gasteiger charge is 2.40. The summed E-state index contributed by atoms with van der Waals surface area (Å²) in [5.41, 5.74) is 2.08. The van der Waals surface area contributed by atoms with Gasteiger partial charge in [0.1, 0.15) is 11.5 Å². The molecular formula is C24H18FN3O3. The van der Waals surface area contributed by atoms with Gasteiger partial charge in [0.15, 0.2) is 0 Å². The smallest absolute Gasteiger partial charge is 0.282 e. The number of nitrogens with zero attached hydrogens (tertiary/aromatic N) is 1. The Bertz CT molecular complexity index is 1200. The Morgan fingerprint density at radius 2 is 1.55 bits per heavy atom. The molecule has 1 aliphatic heterocycles. The Balaban J connectivity index is 1.78.